The lowest BCUT2D eigenvalue weighted by atomic mass is 10.2. The molecule has 1 rings (SSSR count). The zero-order valence-corrected chi connectivity index (χ0v) is 10.2. The van der Waals surface area contributed by atoms with Crippen molar-refractivity contribution in [3.05, 3.63) is 35.4 Å². The fourth-order valence-corrected chi connectivity index (χ4v) is 1.55. The maximum atomic E-state index is 13.2. The lowest BCUT2D eigenvalue weighted by Gasteiger charge is -2.07. The molecule has 0 radical (unpaired) electrons. The summed E-state index contributed by atoms with van der Waals surface area (Å²) in [6.45, 7) is 5.06. The normalized spacial score (nSPS) is 10.8. The van der Waals surface area contributed by atoms with E-state index < -0.39 is 11.6 Å². The second kappa shape index (κ2) is 8.14. The molecule has 0 aliphatic heterocycles. The zero-order chi connectivity index (χ0) is 12.5. The van der Waals surface area contributed by atoms with Crippen LogP contribution in [0, 0.1) is 11.6 Å². The predicted molar refractivity (Wildman–Crippen MR) is 65.8 cm³/mol. The summed E-state index contributed by atoms with van der Waals surface area (Å²) in [6.07, 6.45) is 2.07. The van der Waals surface area contributed by atoms with Crippen LogP contribution in [0.5, 0.6) is 0 Å². The molecule has 0 amide bonds. The molecule has 0 unspecified atom stereocenters. The Morgan fingerprint density at radius 2 is 1.65 bits per heavy atom. The van der Waals surface area contributed by atoms with Gasteiger partial charge in [-0.25, -0.2) is 8.78 Å². The lowest BCUT2D eigenvalue weighted by molar-refractivity contribution is 0.527. The molecule has 0 aliphatic rings. The average Bonchev–Trinajstić information content (AvgIpc) is 2.31. The van der Waals surface area contributed by atoms with Gasteiger partial charge in [0.05, 0.1) is 0 Å². The van der Waals surface area contributed by atoms with Crippen LogP contribution < -0.4 is 10.6 Å². The van der Waals surface area contributed by atoms with Crippen LogP contribution in [0.25, 0.3) is 0 Å². The number of benzene rings is 1. The number of hydrogen-bond donors (Lipinski definition) is 2. The molecule has 0 bridgehead atoms. The van der Waals surface area contributed by atoms with Gasteiger partial charge in [0, 0.05) is 12.1 Å². The van der Waals surface area contributed by atoms with Crippen LogP contribution in [-0.2, 0) is 6.54 Å². The highest BCUT2D eigenvalue weighted by Gasteiger charge is 2.06. The Hall–Kier alpha value is -1.00. The molecule has 2 N–H and O–H groups in total. The first-order chi connectivity index (χ1) is 8.25. The molecule has 1 aromatic carbocycles. The first-order valence-electron chi connectivity index (χ1n) is 6.10. The summed E-state index contributed by atoms with van der Waals surface area (Å²) in [4.78, 5) is 0. The third-order valence-electron chi connectivity index (χ3n) is 2.50. The van der Waals surface area contributed by atoms with Crippen molar-refractivity contribution >= 4 is 0 Å². The van der Waals surface area contributed by atoms with E-state index in [0.717, 1.165) is 32.5 Å². The molecule has 0 fully saturated rings. The van der Waals surface area contributed by atoms with E-state index in [-0.39, 0.29) is 12.1 Å². The molecular weight excluding hydrogens is 222 g/mol. The van der Waals surface area contributed by atoms with Crippen molar-refractivity contribution in [1.82, 2.24) is 10.6 Å². The van der Waals surface area contributed by atoms with E-state index in [1.54, 1.807) is 0 Å². The second-order valence-corrected chi connectivity index (χ2v) is 3.98. The van der Waals surface area contributed by atoms with Gasteiger partial charge in [-0.15, -0.1) is 0 Å². The predicted octanol–water partition coefficient (Wildman–Crippen LogP) is 2.44. The SMILES string of the molecule is CCCNCCCNCc1c(F)cccc1F. The smallest absolute Gasteiger partial charge is 0.130 e. The molecule has 0 aromatic heterocycles. The van der Waals surface area contributed by atoms with Crippen LogP contribution in [0.1, 0.15) is 25.3 Å². The monoisotopic (exact) mass is 242 g/mol. The molecule has 0 saturated carbocycles. The molecule has 0 aliphatic carbocycles. The van der Waals surface area contributed by atoms with Gasteiger partial charge in [0.15, 0.2) is 0 Å². The molecule has 0 saturated heterocycles. The van der Waals surface area contributed by atoms with E-state index >= 15 is 0 Å². The first-order valence-corrected chi connectivity index (χ1v) is 6.10. The molecule has 4 heteroatoms. The van der Waals surface area contributed by atoms with Crippen molar-refractivity contribution in [2.45, 2.75) is 26.3 Å². The fourth-order valence-electron chi connectivity index (χ4n) is 1.55. The summed E-state index contributed by atoms with van der Waals surface area (Å²) in [5.74, 6) is -0.969. The summed E-state index contributed by atoms with van der Waals surface area (Å²) in [6, 6.07) is 3.94. The van der Waals surface area contributed by atoms with Crippen LogP contribution in [0.4, 0.5) is 8.78 Å². The summed E-state index contributed by atoms with van der Waals surface area (Å²) in [5, 5.41) is 6.31. The number of hydrogen-bond acceptors (Lipinski definition) is 2. The van der Waals surface area contributed by atoms with Gasteiger partial charge in [-0.05, 0) is 44.6 Å². The first kappa shape index (κ1) is 14.1. The molecule has 2 nitrogen and oxygen atoms in total. The Kier molecular flexibility index (Phi) is 6.74. The van der Waals surface area contributed by atoms with E-state index in [9.17, 15) is 8.78 Å². The van der Waals surface area contributed by atoms with E-state index in [4.69, 9.17) is 0 Å². The third kappa shape index (κ3) is 5.24. The Bertz CT molecular complexity index is 309. The Labute approximate surface area is 101 Å². The molecule has 0 spiro atoms. The third-order valence-corrected chi connectivity index (χ3v) is 2.50. The maximum absolute atomic E-state index is 13.2. The minimum absolute atomic E-state index is 0.119. The van der Waals surface area contributed by atoms with Crippen LogP contribution in [0.3, 0.4) is 0 Å². The van der Waals surface area contributed by atoms with Gasteiger partial charge in [0.25, 0.3) is 0 Å². The summed E-state index contributed by atoms with van der Waals surface area (Å²) < 4.78 is 26.5. The highest BCUT2D eigenvalue weighted by Crippen LogP contribution is 2.11. The largest absolute Gasteiger partial charge is 0.317 e. The van der Waals surface area contributed by atoms with Gasteiger partial charge in [-0.1, -0.05) is 13.0 Å². The van der Waals surface area contributed by atoms with Crippen LogP contribution in [-0.4, -0.2) is 19.6 Å². The van der Waals surface area contributed by atoms with Crippen LogP contribution in [0.2, 0.25) is 0 Å². The lowest BCUT2D eigenvalue weighted by Crippen LogP contribution is -2.22. The van der Waals surface area contributed by atoms with Crippen molar-refractivity contribution < 1.29 is 8.78 Å². The molecule has 1 aromatic rings. The molecule has 0 atom stereocenters. The molecular formula is C13H20F2N2. The van der Waals surface area contributed by atoms with E-state index in [1.165, 1.54) is 18.2 Å². The van der Waals surface area contributed by atoms with Crippen molar-refractivity contribution in [2.75, 3.05) is 19.6 Å². The Balaban J connectivity index is 2.18. The average molecular weight is 242 g/mol. The van der Waals surface area contributed by atoms with Crippen molar-refractivity contribution in [3.8, 4) is 0 Å². The molecule has 96 valence electrons. The van der Waals surface area contributed by atoms with Gasteiger partial charge >= 0.3 is 0 Å². The molecule has 0 heterocycles. The summed E-state index contributed by atoms with van der Waals surface area (Å²) in [5.41, 5.74) is 0.119. The second-order valence-electron chi connectivity index (χ2n) is 3.98. The maximum Gasteiger partial charge on any atom is 0.130 e. The molecule has 17 heavy (non-hydrogen) atoms. The standard InChI is InChI=1S/C13H20F2N2/c1-2-7-16-8-4-9-17-10-11-12(14)5-3-6-13(11)15/h3,5-6,16-17H,2,4,7-10H2,1H3. The number of rotatable bonds is 8. The minimum Gasteiger partial charge on any atom is -0.317 e. The highest BCUT2D eigenvalue weighted by atomic mass is 19.1. The minimum atomic E-state index is -0.485. The van der Waals surface area contributed by atoms with Gasteiger partial charge < -0.3 is 10.6 Å². The van der Waals surface area contributed by atoms with Crippen molar-refractivity contribution in [2.24, 2.45) is 0 Å². The topological polar surface area (TPSA) is 24.1 Å². The van der Waals surface area contributed by atoms with Crippen LogP contribution in [0.15, 0.2) is 18.2 Å². The van der Waals surface area contributed by atoms with Gasteiger partial charge in [0.2, 0.25) is 0 Å². The van der Waals surface area contributed by atoms with Crippen molar-refractivity contribution in [1.29, 1.82) is 0 Å². The zero-order valence-electron chi connectivity index (χ0n) is 10.2. The Morgan fingerprint density at radius 3 is 2.29 bits per heavy atom. The summed E-state index contributed by atoms with van der Waals surface area (Å²) in [7, 11) is 0. The van der Waals surface area contributed by atoms with Crippen LogP contribution >= 0.6 is 0 Å². The van der Waals surface area contributed by atoms with E-state index in [0.29, 0.717) is 0 Å². The van der Waals surface area contributed by atoms with Gasteiger partial charge in [-0.2, -0.15) is 0 Å². The summed E-state index contributed by atoms with van der Waals surface area (Å²) >= 11 is 0. The highest BCUT2D eigenvalue weighted by molar-refractivity contribution is 5.19. The van der Waals surface area contributed by atoms with Gasteiger partial charge in [0.1, 0.15) is 11.6 Å². The van der Waals surface area contributed by atoms with Gasteiger partial charge in [-0.3, -0.25) is 0 Å². The fraction of sp³-hybridized carbons (Fsp3) is 0.538. The number of halogens is 2. The van der Waals surface area contributed by atoms with Crippen molar-refractivity contribution in [3.63, 3.8) is 0 Å². The van der Waals surface area contributed by atoms with E-state index in [1.807, 2.05) is 0 Å². The quantitative estimate of drug-likeness (QED) is 0.684. The number of nitrogens with one attached hydrogen (secondary N) is 2. The Morgan fingerprint density at radius 1 is 1.00 bits per heavy atom. The van der Waals surface area contributed by atoms with E-state index in [2.05, 4.69) is 17.6 Å².